The van der Waals surface area contributed by atoms with E-state index in [9.17, 15) is 13.2 Å². The maximum absolute atomic E-state index is 13.1. The van der Waals surface area contributed by atoms with E-state index in [4.69, 9.17) is 4.74 Å². The lowest BCUT2D eigenvalue weighted by Crippen LogP contribution is -2.31. The molecule has 0 radical (unpaired) electrons. The molecule has 1 aromatic rings. The fourth-order valence-corrected chi connectivity index (χ4v) is 1.73. The van der Waals surface area contributed by atoms with Crippen molar-refractivity contribution in [1.82, 2.24) is 0 Å². The Morgan fingerprint density at radius 1 is 0.895 bits per heavy atom. The molecule has 0 saturated heterocycles. The van der Waals surface area contributed by atoms with Crippen LogP contribution in [0.25, 0.3) is 0 Å². The first kappa shape index (κ1) is 16.0. The Morgan fingerprint density at radius 2 is 1.32 bits per heavy atom. The number of ether oxygens (including phenoxy) is 1. The van der Waals surface area contributed by atoms with Crippen molar-refractivity contribution in [3.05, 3.63) is 35.4 Å². The zero-order valence-electron chi connectivity index (χ0n) is 12.0. The third-order valence-electron chi connectivity index (χ3n) is 2.67. The number of hydrogen-bond donors (Lipinski definition) is 0. The molecule has 0 saturated carbocycles. The Balaban J connectivity index is 3.05. The molecule has 0 spiro atoms. The molecule has 0 aromatic heterocycles. The minimum absolute atomic E-state index is 0.145. The molecule has 1 nitrogen and oxygen atoms in total. The van der Waals surface area contributed by atoms with Gasteiger partial charge < -0.3 is 4.74 Å². The highest BCUT2D eigenvalue weighted by molar-refractivity contribution is 5.27. The molecular weight excluding hydrogens is 253 g/mol. The van der Waals surface area contributed by atoms with E-state index in [0.29, 0.717) is 5.92 Å². The number of alkyl halides is 3. The molecular formula is C15H21F3O. The highest BCUT2D eigenvalue weighted by atomic mass is 19.4. The third kappa shape index (κ3) is 4.86. The van der Waals surface area contributed by atoms with E-state index in [-0.39, 0.29) is 5.56 Å². The van der Waals surface area contributed by atoms with Gasteiger partial charge in [-0.3, -0.25) is 0 Å². The molecule has 0 aliphatic heterocycles. The molecule has 0 bridgehead atoms. The maximum Gasteiger partial charge on any atom is 0.418 e. The molecule has 1 aromatic carbocycles. The Labute approximate surface area is 112 Å². The third-order valence-corrected chi connectivity index (χ3v) is 2.67. The van der Waals surface area contributed by atoms with Crippen molar-refractivity contribution in [3.8, 4) is 0 Å². The minimum Gasteiger partial charge on any atom is -0.358 e. The average molecular weight is 274 g/mol. The molecule has 1 rings (SSSR count). The number of halogens is 3. The molecule has 0 amide bonds. The van der Waals surface area contributed by atoms with Gasteiger partial charge in [-0.25, -0.2) is 0 Å². The van der Waals surface area contributed by atoms with Crippen molar-refractivity contribution in [2.24, 2.45) is 0 Å². The van der Waals surface area contributed by atoms with Crippen molar-refractivity contribution in [1.29, 1.82) is 0 Å². The van der Waals surface area contributed by atoms with E-state index in [1.165, 1.54) is 12.1 Å². The second-order valence-electron chi connectivity index (χ2n) is 5.97. The van der Waals surface area contributed by atoms with Crippen LogP contribution < -0.4 is 0 Å². The van der Waals surface area contributed by atoms with Crippen molar-refractivity contribution in [2.45, 2.75) is 58.4 Å². The average Bonchev–Trinajstić information content (AvgIpc) is 2.23. The topological polar surface area (TPSA) is 9.23 Å². The molecule has 0 aliphatic rings. The molecule has 1 unspecified atom stereocenters. The van der Waals surface area contributed by atoms with Crippen molar-refractivity contribution in [2.75, 3.05) is 0 Å². The zero-order valence-corrected chi connectivity index (χ0v) is 12.0. The fourth-order valence-electron chi connectivity index (χ4n) is 1.73. The van der Waals surface area contributed by atoms with Crippen molar-refractivity contribution < 1.29 is 17.9 Å². The fraction of sp³-hybridized carbons (Fsp3) is 0.600. The van der Waals surface area contributed by atoms with Crippen molar-refractivity contribution >= 4 is 0 Å². The zero-order chi connectivity index (χ0) is 14.8. The van der Waals surface area contributed by atoms with E-state index < -0.39 is 17.9 Å². The predicted octanol–water partition coefficient (Wildman–Crippen LogP) is 5.23. The summed E-state index contributed by atoms with van der Waals surface area (Å²) in [7, 11) is 0. The molecule has 0 fully saturated rings. The van der Waals surface area contributed by atoms with Crippen LogP contribution in [0, 0.1) is 0 Å². The first-order chi connectivity index (χ1) is 8.50. The normalized spacial score (nSPS) is 14.8. The van der Waals surface area contributed by atoms with E-state index in [2.05, 4.69) is 0 Å². The summed E-state index contributed by atoms with van der Waals surface area (Å²) in [5.74, 6) is 0.293. The Bertz CT molecular complexity index is 399. The van der Waals surface area contributed by atoms with Gasteiger partial charge in [-0.2, -0.15) is 13.2 Å². The molecule has 108 valence electrons. The summed E-state index contributed by atoms with van der Waals surface area (Å²) in [4.78, 5) is 0. The standard InChI is InChI=1S/C15H21F3O/c1-10(2)11-6-8-12(9-7-11)13(15(16,17)18)19-14(3,4)5/h6-10,13H,1-5H3. The monoisotopic (exact) mass is 274 g/mol. The quantitative estimate of drug-likeness (QED) is 0.733. The van der Waals surface area contributed by atoms with E-state index >= 15 is 0 Å². The Morgan fingerprint density at radius 3 is 1.63 bits per heavy atom. The highest BCUT2D eigenvalue weighted by Gasteiger charge is 2.43. The van der Waals surface area contributed by atoms with Gasteiger partial charge in [0, 0.05) is 0 Å². The van der Waals surface area contributed by atoms with Crippen LogP contribution in [-0.4, -0.2) is 11.8 Å². The first-order valence-electron chi connectivity index (χ1n) is 6.35. The van der Waals surface area contributed by atoms with Crippen LogP contribution in [0.4, 0.5) is 13.2 Å². The smallest absolute Gasteiger partial charge is 0.358 e. The van der Waals surface area contributed by atoms with Gasteiger partial charge in [0.2, 0.25) is 0 Å². The van der Waals surface area contributed by atoms with Gasteiger partial charge in [-0.1, -0.05) is 38.1 Å². The second-order valence-corrected chi connectivity index (χ2v) is 5.97. The van der Waals surface area contributed by atoms with Gasteiger partial charge in [0.05, 0.1) is 5.60 Å². The van der Waals surface area contributed by atoms with E-state index in [1.807, 2.05) is 13.8 Å². The summed E-state index contributed by atoms with van der Waals surface area (Å²) < 4.78 is 44.4. The van der Waals surface area contributed by atoms with Crippen LogP contribution >= 0.6 is 0 Å². The van der Waals surface area contributed by atoms with Crippen LogP contribution in [-0.2, 0) is 4.74 Å². The number of hydrogen-bond acceptors (Lipinski definition) is 1. The maximum atomic E-state index is 13.1. The van der Waals surface area contributed by atoms with Gasteiger partial charge in [-0.15, -0.1) is 0 Å². The summed E-state index contributed by atoms with van der Waals surface area (Å²) >= 11 is 0. The Hall–Kier alpha value is -1.03. The van der Waals surface area contributed by atoms with Gasteiger partial charge in [-0.05, 0) is 37.8 Å². The van der Waals surface area contributed by atoms with Crippen LogP contribution in [0.15, 0.2) is 24.3 Å². The van der Waals surface area contributed by atoms with Crippen LogP contribution in [0.1, 0.15) is 57.8 Å². The Kier molecular flexibility index (Phi) is 4.67. The molecule has 4 heteroatoms. The van der Waals surface area contributed by atoms with Crippen LogP contribution in [0.2, 0.25) is 0 Å². The van der Waals surface area contributed by atoms with Crippen LogP contribution in [0.5, 0.6) is 0 Å². The van der Waals surface area contributed by atoms with Crippen LogP contribution in [0.3, 0.4) is 0 Å². The largest absolute Gasteiger partial charge is 0.418 e. The van der Waals surface area contributed by atoms with Crippen molar-refractivity contribution in [3.63, 3.8) is 0 Å². The predicted molar refractivity (Wildman–Crippen MR) is 70.2 cm³/mol. The van der Waals surface area contributed by atoms with E-state index in [0.717, 1.165) is 5.56 Å². The molecule has 0 N–H and O–H groups in total. The molecule has 19 heavy (non-hydrogen) atoms. The second kappa shape index (κ2) is 5.53. The lowest BCUT2D eigenvalue weighted by Gasteiger charge is -2.29. The van der Waals surface area contributed by atoms with Gasteiger partial charge in [0.25, 0.3) is 0 Å². The van der Waals surface area contributed by atoms with Gasteiger partial charge in [0.1, 0.15) is 0 Å². The summed E-state index contributed by atoms with van der Waals surface area (Å²) in [6.45, 7) is 8.86. The summed E-state index contributed by atoms with van der Waals surface area (Å²) in [6.07, 6.45) is -6.29. The van der Waals surface area contributed by atoms with Gasteiger partial charge in [0.15, 0.2) is 6.10 Å². The minimum atomic E-state index is -4.41. The number of rotatable bonds is 3. The van der Waals surface area contributed by atoms with E-state index in [1.54, 1.807) is 32.9 Å². The summed E-state index contributed by atoms with van der Waals surface area (Å²) in [5, 5.41) is 0. The summed E-state index contributed by atoms with van der Waals surface area (Å²) in [5.41, 5.74) is 0.309. The number of benzene rings is 1. The SMILES string of the molecule is CC(C)c1ccc(C(OC(C)(C)C)C(F)(F)F)cc1. The molecule has 0 aliphatic carbocycles. The summed E-state index contributed by atoms with van der Waals surface area (Å²) in [6, 6.07) is 6.45. The lowest BCUT2D eigenvalue weighted by atomic mass is 9.99. The first-order valence-corrected chi connectivity index (χ1v) is 6.35. The molecule has 0 heterocycles. The lowest BCUT2D eigenvalue weighted by molar-refractivity contribution is -0.249. The molecule has 1 atom stereocenters. The highest BCUT2D eigenvalue weighted by Crippen LogP contribution is 2.38. The van der Waals surface area contributed by atoms with Gasteiger partial charge >= 0.3 is 6.18 Å².